The summed E-state index contributed by atoms with van der Waals surface area (Å²) in [5.74, 6) is 0. The van der Waals surface area contributed by atoms with Gasteiger partial charge in [0.1, 0.15) is 0 Å². The van der Waals surface area contributed by atoms with E-state index in [4.69, 9.17) is 14.2 Å². The van der Waals surface area contributed by atoms with E-state index in [2.05, 4.69) is 5.32 Å². The largest absolute Gasteiger partial charge is 0.385 e. The van der Waals surface area contributed by atoms with Gasteiger partial charge in [-0.3, -0.25) is 0 Å². The summed E-state index contributed by atoms with van der Waals surface area (Å²) in [5, 5.41) is 3.65. The zero-order valence-electron chi connectivity index (χ0n) is 11.6. The zero-order chi connectivity index (χ0) is 12.7. The molecule has 0 bridgehead atoms. The highest BCUT2D eigenvalue weighted by Crippen LogP contribution is 2.33. The fourth-order valence-corrected chi connectivity index (χ4v) is 2.42. The molecule has 2 aliphatic rings. The molecule has 106 valence electrons. The molecule has 2 rings (SSSR count). The highest BCUT2D eigenvalue weighted by molar-refractivity contribution is 4.89. The highest BCUT2D eigenvalue weighted by Gasteiger charge is 2.36. The molecule has 2 fully saturated rings. The zero-order valence-corrected chi connectivity index (χ0v) is 11.6. The number of rotatable bonds is 10. The molecule has 1 heterocycles. The van der Waals surface area contributed by atoms with Crippen molar-refractivity contribution in [3.63, 3.8) is 0 Å². The third-order valence-corrected chi connectivity index (χ3v) is 3.94. The minimum atomic E-state index is 0.323. The average molecular weight is 257 g/mol. The fraction of sp³-hybridized carbons (Fsp3) is 1.00. The topological polar surface area (TPSA) is 39.7 Å². The minimum absolute atomic E-state index is 0.323. The Labute approximate surface area is 110 Å². The Morgan fingerprint density at radius 3 is 2.83 bits per heavy atom. The third-order valence-electron chi connectivity index (χ3n) is 3.94. The van der Waals surface area contributed by atoms with Gasteiger partial charge in [0.05, 0.1) is 6.61 Å². The summed E-state index contributed by atoms with van der Waals surface area (Å²) in [4.78, 5) is 0. The lowest BCUT2D eigenvalue weighted by molar-refractivity contribution is 0.0677. The predicted octanol–water partition coefficient (Wildman–Crippen LogP) is 1.59. The lowest BCUT2D eigenvalue weighted by Crippen LogP contribution is -2.37. The maximum absolute atomic E-state index is 5.68. The Morgan fingerprint density at radius 2 is 2.17 bits per heavy atom. The van der Waals surface area contributed by atoms with E-state index in [9.17, 15) is 0 Å². The molecule has 1 atom stereocenters. The summed E-state index contributed by atoms with van der Waals surface area (Å²) in [6.45, 7) is 5.35. The van der Waals surface area contributed by atoms with E-state index < -0.39 is 0 Å². The van der Waals surface area contributed by atoms with Crippen LogP contribution in [0, 0.1) is 5.41 Å². The Kier molecular flexibility index (Phi) is 5.89. The van der Waals surface area contributed by atoms with Crippen LogP contribution in [0.15, 0.2) is 0 Å². The first-order chi connectivity index (χ1) is 8.85. The van der Waals surface area contributed by atoms with Gasteiger partial charge in [-0.25, -0.2) is 0 Å². The second kappa shape index (κ2) is 7.43. The Bertz CT molecular complexity index is 225. The van der Waals surface area contributed by atoms with E-state index in [0.717, 1.165) is 58.5 Å². The fourth-order valence-electron chi connectivity index (χ4n) is 2.42. The number of hydrogen-bond donors (Lipinski definition) is 1. The van der Waals surface area contributed by atoms with Gasteiger partial charge in [0, 0.05) is 51.5 Å². The van der Waals surface area contributed by atoms with Crippen LogP contribution >= 0.6 is 0 Å². The van der Waals surface area contributed by atoms with Crippen LogP contribution in [-0.4, -0.2) is 52.7 Å². The summed E-state index contributed by atoms with van der Waals surface area (Å²) < 4.78 is 16.3. The molecule has 0 spiro atoms. The van der Waals surface area contributed by atoms with E-state index in [1.165, 1.54) is 19.3 Å². The molecular formula is C14H27NO3. The first kappa shape index (κ1) is 14.3. The molecule has 0 radical (unpaired) electrons. The van der Waals surface area contributed by atoms with Gasteiger partial charge in [0.15, 0.2) is 0 Å². The molecule has 4 nitrogen and oxygen atoms in total. The highest BCUT2D eigenvalue weighted by atomic mass is 16.5. The molecule has 0 aromatic carbocycles. The standard InChI is InChI=1S/C14H27NO3/c1-16-7-2-8-17-9-5-14(6-10-18-12-14)11-15-13-3-4-13/h13,15H,2-12H2,1H3. The van der Waals surface area contributed by atoms with Crippen molar-refractivity contribution in [1.82, 2.24) is 5.32 Å². The summed E-state index contributed by atoms with van der Waals surface area (Å²) >= 11 is 0. The van der Waals surface area contributed by atoms with E-state index >= 15 is 0 Å². The number of ether oxygens (including phenoxy) is 3. The number of methoxy groups -OCH3 is 1. The van der Waals surface area contributed by atoms with Crippen LogP contribution < -0.4 is 5.32 Å². The lowest BCUT2D eigenvalue weighted by Gasteiger charge is -2.27. The van der Waals surface area contributed by atoms with Crippen molar-refractivity contribution in [2.75, 3.05) is 46.7 Å². The first-order valence-corrected chi connectivity index (χ1v) is 7.22. The Hall–Kier alpha value is -0.160. The maximum atomic E-state index is 5.68. The monoisotopic (exact) mass is 257 g/mol. The summed E-state index contributed by atoms with van der Waals surface area (Å²) in [6, 6.07) is 0.782. The van der Waals surface area contributed by atoms with Gasteiger partial charge in [-0.1, -0.05) is 0 Å². The molecule has 1 saturated carbocycles. The van der Waals surface area contributed by atoms with Gasteiger partial charge in [0.25, 0.3) is 0 Å². The average Bonchev–Trinajstić information content (AvgIpc) is 3.11. The van der Waals surface area contributed by atoms with Crippen molar-refractivity contribution < 1.29 is 14.2 Å². The molecule has 1 aliphatic heterocycles. The van der Waals surface area contributed by atoms with Crippen molar-refractivity contribution in [1.29, 1.82) is 0 Å². The van der Waals surface area contributed by atoms with Gasteiger partial charge < -0.3 is 19.5 Å². The van der Waals surface area contributed by atoms with Crippen LogP contribution in [0.1, 0.15) is 32.1 Å². The van der Waals surface area contributed by atoms with Crippen LogP contribution in [-0.2, 0) is 14.2 Å². The molecule has 0 aromatic rings. The van der Waals surface area contributed by atoms with Crippen molar-refractivity contribution >= 4 is 0 Å². The van der Waals surface area contributed by atoms with Crippen LogP contribution in [0.2, 0.25) is 0 Å². The lowest BCUT2D eigenvalue weighted by atomic mass is 9.84. The third kappa shape index (κ3) is 4.84. The number of hydrogen-bond acceptors (Lipinski definition) is 4. The van der Waals surface area contributed by atoms with Crippen molar-refractivity contribution in [3.8, 4) is 0 Å². The van der Waals surface area contributed by atoms with Crippen LogP contribution in [0.25, 0.3) is 0 Å². The molecule has 1 saturated heterocycles. The van der Waals surface area contributed by atoms with Gasteiger partial charge in [0.2, 0.25) is 0 Å². The van der Waals surface area contributed by atoms with Crippen LogP contribution in [0.3, 0.4) is 0 Å². The van der Waals surface area contributed by atoms with Gasteiger partial charge >= 0.3 is 0 Å². The van der Waals surface area contributed by atoms with Gasteiger partial charge in [-0.15, -0.1) is 0 Å². The van der Waals surface area contributed by atoms with E-state index in [1.807, 2.05) is 0 Å². The van der Waals surface area contributed by atoms with Crippen LogP contribution in [0.5, 0.6) is 0 Å². The Morgan fingerprint density at radius 1 is 1.28 bits per heavy atom. The second-order valence-corrected chi connectivity index (χ2v) is 5.67. The molecule has 1 N–H and O–H groups in total. The SMILES string of the molecule is COCCCOCCC1(CNC2CC2)CCOC1. The van der Waals surface area contributed by atoms with Gasteiger partial charge in [-0.2, -0.15) is 0 Å². The normalized spacial score (nSPS) is 27.8. The molecule has 1 aliphatic carbocycles. The van der Waals surface area contributed by atoms with E-state index in [1.54, 1.807) is 7.11 Å². The van der Waals surface area contributed by atoms with E-state index in [-0.39, 0.29) is 0 Å². The van der Waals surface area contributed by atoms with Crippen LogP contribution in [0.4, 0.5) is 0 Å². The van der Waals surface area contributed by atoms with Gasteiger partial charge in [-0.05, 0) is 32.1 Å². The minimum Gasteiger partial charge on any atom is -0.385 e. The number of nitrogens with one attached hydrogen (secondary N) is 1. The summed E-state index contributed by atoms with van der Waals surface area (Å²) in [6.07, 6.45) is 5.98. The molecular weight excluding hydrogens is 230 g/mol. The Balaban J connectivity index is 1.59. The molecule has 4 heteroatoms. The second-order valence-electron chi connectivity index (χ2n) is 5.67. The first-order valence-electron chi connectivity index (χ1n) is 7.22. The smallest absolute Gasteiger partial charge is 0.0536 e. The van der Waals surface area contributed by atoms with Crippen molar-refractivity contribution in [2.45, 2.75) is 38.1 Å². The summed E-state index contributed by atoms with van der Waals surface area (Å²) in [7, 11) is 1.73. The van der Waals surface area contributed by atoms with E-state index in [0.29, 0.717) is 5.41 Å². The van der Waals surface area contributed by atoms with Crippen molar-refractivity contribution in [3.05, 3.63) is 0 Å². The molecule has 18 heavy (non-hydrogen) atoms. The molecule has 0 aromatic heterocycles. The quantitative estimate of drug-likeness (QED) is 0.603. The molecule has 0 amide bonds. The van der Waals surface area contributed by atoms with Crippen molar-refractivity contribution in [2.24, 2.45) is 5.41 Å². The summed E-state index contributed by atoms with van der Waals surface area (Å²) in [5.41, 5.74) is 0.323. The predicted molar refractivity (Wildman–Crippen MR) is 70.8 cm³/mol. The maximum Gasteiger partial charge on any atom is 0.0536 e. The molecule has 1 unspecified atom stereocenters.